The molecule has 1 aliphatic rings. The van der Waals surface area contributed by atoms with Crippen LogP contribution in [0.5, 0.6) is 0 Å². The van der Waals surface area contributed by atoms with E-state index in [-0.39, 0.29) is 12.2 Å². The lowest BCUT2D eigenvalue weighted by Gasteiger charge is -2.34. The SMILES string of the molecule is C/C(=C\c1csc(C)n1)C1C/C=C\CCO[C@H](C)C(O)[C@@H](C)C(=O)C(C)(C)[C@@H](O)CC(=O)O1. The number of thiazole rings is 1. The van der Waals surface area contributed by atoms with E-state index >= 15 is 0 Å². The topological polar surface area (TPSA) is 106 Å². The summed E-state index contributed by atoms with van der Waals surface area (Å²) in [5.74, 6) is -1.67. The van der Waals surface area contributed by atoms with Gasteiger partial charge in [-0.25, -0.2) is 4.98 Å². The van der Waals surface area contributed by atoms with Gasteiger partial charge in [-0.3, -0.25) is 9.59 Å². The smallest absolute Gasteiger partial charge is 0.309 e. The van der Waals surface area contributed by atoms with Crippen LogP contribution in [0, 0.1) is 18.3 Å². The van der Waals surface area contributed by atoms with Gasteiger partial charge < -0.3 is 19.7 Å². The van der Waals surface area contributed by atoms with Gasteiger partial charge in [0.2, 0.25) is 0 Å². The van der Waals surface area contributed by atoms with Crippen molar-refractivity contribution in [3.05, 3.63) is 33.8 Å². The quantitative estimate of drug-likeness (QED) is 0.490. The van der Waals surface area contributed by atoms with Crippen LogP contribution in [-0.2, 0) is 19.1 Å². The van der Waals surface area contributed by atoms with Crippen LogP contribution >= 0.6 is 11.3 Å². The third-order valence-corrected chi connectivity index (χ3v) is 7.00. The van der Waals surface area contributed by atoms with Gasteiger partial charge in [-0.1, -0.05) is 32.9 Å². The maximum Gasteiger partial charge on any atom is 0.309 e. The molecule has 8 heteroatoms. The standard InChI is InChI=1S/C25H37NO6S/c1-15(12-19-14-33-18(4)26-19)20-10-8-7-9-11-31-17(3)23(29)16(2)24(30)25(5,6)21(27)13-22(28)32-20/h7-8,12,14,16-17,20-21,23,27,29H,9-11,13H2,1-6H3/b8-7-,15-12+/t16-,17-,20?,21+,23?/m1/s1. The Labute approximate surface area is 200 Å². The third-order valence-electron chi connectivity index (χ3n) is 6.21. The van der Waals surface area contributed by atoms with Crippen LogP contribution < -0.4 is 0 Å². The Kier molecular flexibility index (Phi) is 9.97. The normalized spacial score (nSPS) is 31.8. The van der Waals surface area contributed by atoms with E-state index in [0.717, 1.165) is 16.3 Å². The van der Waals surface area contributed by atoms with Crippen molar-refractivity contribution in [2.45, 2.75) is 85.2 Å². The summed E-state index contributed by atoms with van der Waals surface area (Å²) in [5.41, 5.74) is 0.406. The lowest BCUT2D eigenvalue weighted by atomic mass is 9.74. The fourth-order valence-corrected chi connectivity index (χ4v) is 4.36. The number of hydrogen-bond donors (Lipinski definition) is 2. The number of cyclic esters (lactones) is 1. The average Bonchev–Trinajstić information content (AvgIpc) is 3.16. The van der Waals surface area contributed by atoms with Crippen LogP contribution in [0.15, 0.2) is 23.1 Å². The van der Waals surface area contributed by atoms with Crippen molar-refractivity contribution in [1.29, 1.82) is 0 Å². The fourth-order valence-electron chi connectivity index (χ4n) is 3.79. The number of aromatic nitrogens is 1. The highest BCUT2D eigenvalue weighted by atomic mass is 32.1. The molecule has 184 valence electrons. The highest BCUT2D eigenvalue weighted by Crippen LogP contribution is 2.31. The van der Waals surface area contributed by atoms with Crippen molar-refractivity contribution in [3.8, 4) is 0 Å². The number of aliphatic hydroxyl groups is 2. The first-order chi connectivity index (χ1) is 15.4. The zero-order valence-electron chi connectivity index (χ0n) is 20.4. The number of esters is 1. The maximum absolute atomic E-state index is 13.1. The van der Waals surface area contributed by atoms with Gasteiger partial charge in [-0.2, -0.15) is 0 Å². The van der Waals surface area contributed by atoms with Crippen molar-refractivity contribution < 1.29 is 29.3 Å². The lowest BCUT2D eigenvalue weighted by molar-refractivity contribution is -0.154. The van der Waals surface area contributed by atoms with Gasteiger partial charge in [0.05, 0.1) is 47.5 Å². The largest absolute Gasteiger partial charge is 0.457 e. The number of hydrogen-bond acceptors (Lipinski definition) is 8. The first-order valence-electron chi connectivity index (χ1n) is 11.4. The molecular weight excluding hydrogens is 442 g/mol. The minimum absolute atomic E-state index is 0.323. The van der Waals surface area contributed by atoms with E-state index in [4.69, 9.17) is 9.47 Å². The molecule has 0 aliphatic carbocycles. The summed E-state index contributed by atoms with van der Waals surface area (Å²) < 4.78 is 11.4. The number of aryl methyl sites for hydroxylation is 1. The number of ether oxygens (including phenoxy) is 2. The lowest BCUT2D eigenvalue weighted by Crippen LogP contribution is -2.47. The van der Waals surface area contributed by atoms with Gasteiger partial charge in [0.15, 0.2) is 0 Å². The van der Waals surface area contributed by atoms with Gasteiger partial charge in [0.25, 0.3) is 0 Å². The Balaban J connectivity index is 2.27. The maximum atomic E-state index is 13.1. The summed E-state index contributed by atoms with van der Waals surface area (Å²) in [6, 6.07) is 0. The number of rotatable bonds is 2. The zero-order chi connectivity index (χ0) is 24.8. The molecule has 7 nitrogen and oxygen atoms in total. The molecule has 0 amide bonds. The molecule has 0 fully saturated rings. The molecule has 0 spiro atoms. The van der Waals surface area contributed by atoms with E-state index in [1.165, 1.54) is 0 Å². The van der Waals surface area contributed by atoms with Crippen molar-refractivity contribution in [1.82, 2.24) is 4.98 Å². The molecule has 2 unspecified atom stereocenters. The summed E-state index contributed by atoms with van der Waals surface area (Å²) in [6.07, 6.45) is 3.21. The predicted molar refractivity (Wildman–Crippen MR) is 129 cm³/mol. The summed E-state index contributed by atoms with van der Waals surface area (Å²) in [5, 5.41) is 24.2. The van der Waals surface area contributed by atoms with Gasteiger partial charge in [0.1, 0.15) is 11.9 Å². The van der Waals surface area contributed by atoms with Crippen LogP contribution in [0.25, 0.3) is 6.08 Å². The molecule has 1 aromatic rings. The number of carbonyl (C=O) groups excluding carboxylic acids is 2. The van der Waals surface area contributed by atoms with E-state index in [1.807, 2.05) is 37.5 Å². The van der Waals surface area contributed by atoms with Crippen LogP contribution in [0.3, 0.4) is 0 Å². The highest BCUT2D eigenvalue weighted by Gasteiger charge is 2.42. The van der Waals surface area contributed by atoms with E-state index in [2.05, 4.69) is 4.98 Å². The Morgan fingerprint density at radius 3 is 2.58 bits per heavy atom. The summed E-state index contributed by atoms with van der Waals surface area (Å²) in [4.78, 5) is 30.2. The molecule has 1 aromatic heterocycles. The Hall–Kier alpha value is -1.87. The molecule has 0 saturated carbocycles. The highest BCUT2D eigenvalue weighted by molar-refractivity contribution is 7.09. The third kappa shape index (κ3) is 7.57. The van der Waals surface area contributed by atoms with Crippen LogP contribution in [0.4, 0.5) is 0 Å². The minimum Gasteiger partial charge on any atom is -0.457 e. The molecular formula is C25H37NO6S. The second-order valence-electron chi connectivity index (χ2n) is 9.32. The van der Waals surface area contributed by atoms with E-state index < -0.39 is 41.7 Å². The Morgan fingerprint density at radius 1 is 1.24 bits per heavy atom. The summed E-state index contributed by atoms with van der Waals surface area (Å²) >= 11 is 1.55. The molecule has 2 rings (SSSR count). The molecule has 2 heterocycles. The number of aliphatic hydroxyl groups excluding tert-OH is 2. The van der Waals surface area contributed by atoms with Crippen molar-refractivity contribution in [2.24, 2.45) is 11.3 Å². The van der Waals surface area contributed by atoms with Gasteiger partial charge in [-0.15, -0.1) is 11.3 Å². The molecule has 0 aromatic carbocycles. The van der Waals surface area contributed by atoms with Crippen LogP contribution in [0.2, 0.25) is 0 Å². The van der Waals surface area contributed by atoms with Gasteiger partial charge >= 0.3 is 5.97 Å². The summed E-state index contributed by atoms with van der Waals surface area (Å²) in [6.45, 7) is 10.7. The van der Waals surface area contributed by atoms with E-state index in [1.54, 1.807) is 39.0 Å². The molecule has 0 radical (unpaired) electrons. The fraction of sp³-hybridized carbons (Fsp3) is 0.640. The number of Topliss-reactive ketones (excluding diaryl/α,β-unsaturated/α-hetero) is 1. The molecule has 5 atom stereocenters. The van der Waals surface area contributed by atoms with Crippen LogP contribution in [0.1, 0.15) is 64.6 Å². The summed E-state index contributed by atoms with van der Waals surface area (Å²) in [7, 11) is 0. The predicted octanol–water partition coefficient (Wildman–Crippen LogP) is 3.87. The monoisotopic (exact) mass is 479 g/mol. The Morgan fingerprint density at radius 2 is 1.94 bits per heavy atom. The van der Waals surface area contributed by atoms with Crippen LogP contribution in [-0.4, -0.2) is 58.0 Å². The van der Waals surface area contributed by atoms with Crippen molar-refractivity contribution >= 4 is 29.2 Å². The van der Waals surface area contributed by atoms with Gasteiger partial charge in [0, 0.05) is 17.7 Å². The zero-order valence-corrected chi connectivity index (χ0v) is 21.2. The number of carbonyl (C=O) groups is 2. The molecule has 0 saturated heterocycles. The van der Waals surface area contributed by atoms with Crippen molar-refractivity contribution in [3.63, 3.8) is 0 Å². The van der Waals surface area contributed by atoms with Gasteiger partial charge in [-0.05, 0) is 38.8 Å². The van der Waals surface area contributed by atoms with Crippen molar-refractivity contribution in [2.75, 3.05) is 6.61 Å². The second kappa shape index (κ2) is 12.0. The Bertz CT molecular complexity index is 874. The molecule has 0 bridgehead atoms. The minimum atomic E-state index is -1.25. The number of ketones is 1. The average molecular weight is 480 g/mol. The molecule has 2 N–H and O–H groups in total. The van der Waals surface area contributed by atoms with E-state index in [9.17, 15) is 19.8 Å². The second-order valence-corrected chi connectivity index (χ2v) is 10.4. The van der Waals surface area contributed by atoms with E-state index in [0.29, 0.717) is 19.4 Å². The first-order valence-corrected chi connectivity index (χ1v) is 12.3. The number of nitrogens with zero attached hydrogens (tertiary/aromatic N) is 1. The first kappa shape index (κ1) is 27.4. The molecule has 33 heavy (non-hydrogen) atoms. The molecule has 1 aliphatic heterocycles.